The van der Waals surface area contributed by atoms with Crippen LogP contribution in [0.4, 0.5) is 11.4 Å². The van der Waals surface area contributed by atoms with E-state index in [-0.39, 0.29) is 30.6 Å². The number of likely N-dealkylation sites (N-methyl/N-ethyl adjacent to an activating group) is 1. The van der Waals surface area contributed by atoms with E-state index in [1.807, 2.05) is 72.9 Å². The average molecular weight is 756 g/mol. The summed E-state index contributed by atoms with van der Waals surface area (Å²) in [7, 11) is 2.12. The second-order valence-electron chi connectivity index (χ2n) is 14.4. The summed E-state index contributed by atoms with van der Waals surface area (Å²) in [6.07, 6.45) is 5.58. The van der Waals surface area contributed by atoms with E-state index in [4.69, 9.17) is 15.2 Å². The predicted octanol–water partition coefficient (Wildman–Crippen LogP) is 7.75. The Balaban J connectivity index is 1.03. The number of carbonyl (C=O) groups is 2. The number of hydrogen-bond acceptors (Lipinski definition) is 8. The number of nitrogens with one attached hydrogen (secondary N) is 2. The third kappa shape index (κ3) is 11.8. The number of aromatic nitrogens is 1. The zero-order valence-electron chi connectivity index (χ0n) is 32.1. The van der Waals surface area contributed by atoms with Crippen molar-refractivity contribution in [3.8, 4) is 11.1 Å². The monoisotopic (exact) mass is 755 g/mol. The maximum absolute atomic E-state index is 12.8. The summed E-state index contributed by atoms with van der Waals surface area (Å²) in [5.74, 6) is -0.0915. The van der Waals surface area contributed by atoms with Gasteiger partial charge in [-0.15, -0.1) is 0 Å². The van der Waals surface area contributed by atoms with Gasteiger partial charge in [-0.3, -0.25) is 14.6 Å². The van der Waals surface area contributed by atoms with Crippen LogP contribution < -0.4 is 16.4 Å². The molecule has 10 nitrogen and oxygen atoms in total. The van der Waals surface area contributed by atoms with Gasteiger partial charge in [0, 0.05) is 62.8 Å². The molecular weight excluding hydrogens is 703 g/mol. The van der Waals surface area contributed by atoms with Crippen LogP contribution in [-0.4, -0.2) is 53.0 Å². The average Bonchev–Trinajstić information content (AvgIpc) is 3.23. The largest absolute Gasteiger partial charge is 0.397 e. The zero-order chi connectivity index (χ0) is 39.1. The van der Waals surface area contributed by atoms with E-state index in [9.17, 15) is 14.7 Å². The number of pyridine rings is 1. The first kappa shape index (κ1) is 40.3. The lowest BCUT2D eigenvalue weighted by atomic mass is 9.97. The Morgan fingerprint density at radius 3 is 2.29 bits per heavy atom. The number of anilines is 2. The fourth-order valence-electron chi connectivity index (χ4n) is 6.95. The van der Waals surface area contributed by atoms with Crippen LogP contribution in [0.3, 0.4) is 0 Å². The Kier molecular flexibility index (Phi) is 14.7. The van der Waals surface area contributed by atoms with Crippen LogP contribution in [-0.2, 0) is 38.6 Å². The van der Waals surface area contributed by atoms with Gasteiger partial charge in [0.1, 0.15) is 0 Å². The summed E-state index contributed by atoms with van der Waals surface area (Å²) in [6, 6.07) is 37.5. The molecule has 5 aromatic rings. The molecule has 0 saturated carbocycles. The predicted molar refractivity (Wildman–Crippen MR) is 220 cm³/mol. The van der Waals surface area contributed by atoms with Gasteiger partial charge in [-0.1, -0.05) is 97.4 Å². The van der Waals surface area contributed by atoms with Crippen molar-refractivity contribution < 1.29 is 24.2 Å². The first-order valence-electron chi connectivity index (χ1n) is 19.5. The SMILES string of the molecule is CN(CCc1ccccn1)C[C@H]1C[C@@H](c2ccc(CO)cc2)O[C@@H](c2ccc(-c3ccccc3CNC(=O)CCCCCC(=O)Nc3ccccc3N)cc2)O1. The molecule has 1 aliphatic rings. The summed E-state index contributed by atoms with van der Waals surface area (Å²) in [6.45, 7) is 2.02. The van der Waals surface area contributed by atoms with E-state index < -0.39 is 6.29 Å². The molecule has 5 N–H and O–H groups in total. The van der Waals surface area contributed by atoms with Crippen molar-refractivity contribution in [1.82, 2.24) is 15.2 Å². The number of nitrogen functional groups attached to an aromatic ring is 1. The number of nitrogens with two attached hydrogens (primary N) is 1. The number of ether oxygens (including phenoxy) is 2. The third-order valence-corrected chi connectivity index (χ3v) is 10.1. The summed E-state index contributed by atoms with van der Waals surface area (Å²) < 4.78 is 13.2. The molecule has 292 valence electrons. The minimum atomic E-state index is -0.555. The standard InChI is InChI=1S/C46H53N5O5/c1-51(28-26-38-12-9-10-27-48-38)31-39-29-43(35-20-18-33(32-52)19-21-35)56-46(55-39)36-24-22-34(23-25-36)40-13-6-5-11-37(40)30-49-44(53)16-3-2-4-17-45(54)50-42-15-8-7-14-41(42)47/h5-15,18-25,27,39,43,46,52H,2-4,16-17,26,28-32,47H2,1H3,(H,49,53)(H,50,54)/t39-,43+,46+/m1/s1. The number of hydrogen-bond donors (Lipinski definition) is 4. The molecule has 10 heteroatoms. The van der Waals surface area contributed by atoms with Gasteiger partial charge in [0.05, 0.1) is 30.2 Å². The normalized spacial score (nSPS) is 16.7. The number of benzene rings is 4. The quantitative estimate of drug-likeness (QED) is 0.0526. The number of unbranched alkanes of at least 4 members (excludes halogenated alkanes) is 2. The van der Waals surface area contributed by atoms with E-state index >= 15 is 0 Å². The molecule has 0 radical (unpaired) electrons. The van der Waals surface area contributed by atoms with Gasteiger partial charge in [0.2, 0.25) is 11.8 Å². The lowest BCUT2D eigenvalue weighted by molar-refractivity contribution is -0.252. The van der Waals surface area contributed by atoms with Crippen LogP contribution in [0.1, 0.15) is 78.9 Å². The molecule has 0 aliphatic carbocycles. The van der Waals surface area contributed by atoms with Crippen LogP contribution in [0.15, 0.2) is 121 Å². The first-order valence-corrected chi connectivity index (χ1v) is 19.5. The fraction of sp³-hybridized carbons (Fsp3) is 0.326. The zero-order valence-corrected chi connectivity index (χ0v) is 32.1. The van der Waals surface area contributed by atoms with Crippen molar-refractivity contribution in [2.24, 2.45) is 0 Å². The Labute approximate surface area is 330 Å². The maximum Gasteiger partial charge on any atom is 0.224 e. The van der Waals surface area contributed by atoms with Gasteiger partial charge in [-0.25, -0.2) is 0 Å². The Hall–Kier alpha value is -5.39. The molecular formula is C46H53N5O5. The minimum absolute atomic E-state index is 0.00135. The molecule has 1 aromatic heterocycles. The first-order chi connectivity index (χ1) is 27.3. The molecule has 2 amide bonds. The van der Waals surface area contributed by atoms with Crippen molar-refractivity contribution in [2.75, 3.05) is 31.2 Å². The topological polar surface area (TPSA) is 139 Å². The van der Waals surface area contributed by atoms with E-state index in [0.29, 0.717) is 50.0 Å². The summed E-state index contributed by atoms with van der Waals surface area (Å²) in [5, 5.41) is 15.5. The Bertz CT molecular complexity index is 1990. The lowest BCUT2D eigenvalue weighted by Gasteiger charge is -2.38. The molecule has 3 atom stereocenters. The van der Waals surface area contributed by atoms with Crippen LogP contribution >= 0.6 is 0 Å². The van der Waals surface area contributed by atoms with E-state index in [1.165, 1.54) is 0 Å². The molecule has 56 heavy (non-hydrogen) atoms. The molecule has 0 spiro atoms. The van der Waals surface area contributed by atoms with Crippen molar-refractivity contribution in [1.29, 1.82) is 0 Å². The number of aliphatic hydroxyl groups is 1. The van der Waals surface area contributed by atoms with E-state index in [2.05, 4.69) is 64.0 Å². The number of carbonyl (C=O) groups excluding carboxylic acids is 2. The molecule has 2 heterocycles. The molecule has 1 aliphatic heterocycles. The molecule has 6 rings (SSSR count). The summed E-state index contributed by atoms with van der Waals surface area (Å²) in [5.41, 5.74) is 14.1. The lowest BCUT2D eigenvalue weighted by Crippen LogP contribution is -2.38. The number of rotatable bonds is 18. The Morgan fingerprint density at radius 2 is 1.54 bits per heavy atom. The van der Waals surface area contributed by atoms with Crippen molar-refractivity contribution in [3.63, 3.8) is 0 Å². The van der Waals surface area contributed by atoms with Gasteiger partial charge in [0.25, 0.3) is 0 Å². The minimum Gasteiger partial charge on any atom is -0.397 e. The highest BCUT2D eigenvalue weighted by molar-refractivity contribution is 5.93. The van der Waals surface area contributed by atoms with Crippen LogP contribution in [0.25, 0.3) is 11.1 Å². The molecule has 4 aromatic carbocycles. The van der Waals surface area contributed by atoms with E-state index in [0.717, 1.165) is 65.0 Å². The highest BCUT2D eigenvalue weighted by Crippen LogP contribution is 2.39. The van der Waals surface area contributed by atoms with Gasteiger partial charge in [0.15, 0.2) is 6.29 Å². The van der Waals surface area contributed by atoms with Crippen molar-refractivity contribution >= 4 is 23.2 Å². The number of aliphatic hydroxyl groups excluding tert-OH is 1. The smallest absolute Gasteiger partial charge is 0.224 e. The third-order valence-electron chi connectivity index (χ3n) is 10.1. The maximum atomic E-state index is 12.8. The highest BCUT2D eigenvalue weighted by Gasteiger charge is 2.33. The van der Waals surface area contributed by atoms with E-state index in [1.54, 1.807) is 12.1 Å². The van der Waals surface area contributed by atoms with Crippen molar-refractivity contribution in [2.45, 2.75) is 76.6 Å². The van der Waals surface area contributed by atoms with Gasteiger partial charge in [-0.2, -0.15) is 0 Å². The van der Waals surface area contributed by atoms with Gasteiger partial charge >= 0.3 is 0 Å². The molecule has 0 bridgehead atoms. The second kappa shape index (κ2) is 20.5. The number of para-hydroxylation sites is 2. The van der Waals surface area contributed by atoms with Gasteiger partial charge in [-0.05, 0) is 72.0 Å². The summed E-state index contributed by atoms with van der Waals surface area (Å²) in [4.78, 5) is 31.8. The number of amides is 2. The Morgan fingerprint density at radius 1 is 0.821 bits per heavy atom. The van der Waals surface area contributed by atoms with Crippen LogP contribution in [0.5, 0.6) is 0 Å². The molecule has 1 fully saturated rings. The molecule has 0 unspecified atom stereocenters. The van der Waals surface area contributed by atoms with Gasteiger partial charge < -0.3 is 35.8 Å². The highest BCUT2D eigenvalue weighted by atomic mass is 16.7. The van der Waals surface area contributed by atoms with Crippen LogP contribution in [0, 0.1) is 0 Å². The second-order valence-corrected chi connectivity index (χ2v) is 14.4. The fourth-order valence-corrected chi connectivity index (χ4v) is 6.95. The molecule has 1 saturated heterocycles. The van der Waals surface area contributed by atoms with Crippen LogP contribution in [0.2, 0.25) is 0 Å². The number of nitrogens with zero attached hydrogens (tertiary/aromatic N) is 2. The summed E-state index contributed by atoms with van der Waals surface area (Å²) >= 11 is 0. The van der Waals surface area contributed by atoms with Crippen molar-refractivity contribution in [3.05, 3.63) is 149 Å².